The minimum Gasteiger partial charge on any atom is -0.316 e. The van der Waals surface area contributed by atoms with Gasteiger partial charge in [-0.2, -0.15) is 0 Å². The van der Waals surface area contributed by atoms with E-state index in [1.54, 1.807) is 6.20 Å². The summed E-state index contributed by atoms with van der Waals surface area (Å²) in [6.45, 7) is 5.14. The predicted octanol–water partition coefficient (Wildman–Crippen LogP) is 1.12. The van der Waals surface area contributed by atoms with E-state index in [1.807, 2.05) is 19.2 Å². The zero-order chi connectivity index (χ0) is 12.7. The summed E-state index contributed by atoms with van der Waals surface area (Å²) >= 11 is 1.47. The Hall–Kier alpha value is -0.500. The first-order valence-electron chi connectivity index (χ1n) is 5.69. The van der Waals surface area contributed by atoms with E-state index >= 15 is 0 Å². The lowest BCUT2D eigenvalue weighted by molar-refractivity contribution is 0.546. The van der Waals surface area contributed by atoms with Crippen LogP contribution >= 0.6 is 11.3 Å². The summed E-state index contributed by atoms with van der Waals surface area (Å²) in [5.74, 6) is 0.0999. The van der Waals surface area contributed by atoms with E-state index in [1.165, 1.54) is 11.3 Å². The van der Waals surface area contributed by atoms with Gasteiger partial charge in [-0.3, -0.25) is 0 Å². The molecule has 1 aromatic rings. The van der Waals surface area contributed by atoms with Crippen LogP contribution in [0.15, 0.2) is 11.6 Å². The zero-order valence-corrected chi connectivity index (χ0v) is 11.8. The lowest BCUT2D eigenvalue weighted by Gasteiger charge is -2.14. The van der Waals surface area contributed by atoms with E-state index in [-0.39, 0.29) is 11.8 Å². The summed E-state index contributed by atoms with van der Waals surface area (Å²) in [6.07, 6.45) is 2.39. The number of aromatic nitrogens is 1. The molecule has 1 atom stereocenters. The van der Waals surface area contributed by atoms with Crippen molar-refractivity contribution in [1.82, 2.24) is 15.0 Å². The Morgan fingerprint density at radius 2 is 2.24 bits per heavy atom. The monoisotopic (exact) mass is 277 g/mol. The third-order valence-electron chi connectivity index (χ3n) is 2.28. The average molecular weight is 277 g/mol. The highest BCUT2D eigenvalue weighted by molar-refractivity contribution is 7.89. The van der Waals surface area contributed by atoms with E-state index < -0.39 is 10.0 Å². The Morgan fingerprint density at radius 1 is 1.47 bits per heavy atom. The summed E-state index contributed by atoms with van der Waals surface area (Å²) in [6, 6.07) is -0.207. The van der Waals surface area contributed by atoms with E-state index in [9.17, 15) is 8.42 Å². The molecule has 0 saturated carbocycles. The molecule has 0 aliphatic carbocycles. The summed E-state index contributed by atoms with van der Waals surface area (Å²) in [7, 11) is -3.24. The molecule has 0 fully saturated rings. The van der Waals surface area contributed by atoms with Crippen LogP contribution in [0.5, 0.6) is 0 Å². The second kappa shape index (κ2) is 7.05. The minimum atomic E-state index is -3.24. The zero-order valence-electron chi connectivity index (χ0n) is 10.1. The SMILES string of the molecule is CCNCCS(=O)(=O)NC(CC)c1nccs1. The predicted molar refractivity (Wildman–Crippen MR) is 70.6 cm³/mol. The molecule has 0 radical (unpaired) electrons. The molecular weight excluding hydrogens is 258 g/mol. The Kier molecular flexibility index (Phi) is 6.04. The van der Waals surface area contributed by atoms with Crippen molar-refractivity contribution in [3.05, 3.63) is 16.6 Å². The maximum atomic E-state index is 11.8. The maximum absolute atomic E-state index is 11.8. The van der Waals surface area contributed by atoms with Crippen molar-refractivity contribution in [2.24, 2.45) is 0 Å². The van der Waals surface area contributed by atoms with Gasteiger partial charge < -0.3 is 5.32 Å². The van der Waals surface area contributed by atoms with Gasteiger partial charge in [0.1, 0.15) is 5.01 Å². The Morgan fingerprint density at radius 3 is 2.76 bits per heavy atom. The standard InChI is InChI=1S/C10H19N3O2S2/c1-3-9(10-12-5-7-16-10)13-17(14,15)8-6-11-4-2/h5,7,9,11,13H,3-4,6,8H2,1-2H3. The number of sulfonamides is 1. The van der Waals surface area contributed by atoms with Gasteiger partial charge in [-0.1, -0.05) is 13.8 Å². The smallest absolute Gasteiger partial charge is 0.213 e. The molecule has 0 amide bonds. The van der Waals surface area contributed by atoms with Crippen LogP contribution in [0.1, 0.15) is 31.3 Å². The maximum Gasteiger partial charge on any atom is 0.213 e. The fourth-order valence-electron chi connectivity index (χ4n) is 1.37. The lowest BCUT2D eigenvalue weighted by atomic mass is 10.3. The lowest BCUT2D eigenvalue weighted by Crippen LogP contribution is -2.34. The Bertz CT molecular complexity index is 403. The fourth-order valence-corrected chi connectivity index (χ4v) is 3.46. The van der Waals surface area contributed by atoms with Crippen LogP contribution in [0.25, 0.3) is 0 Å². The normalized spacial score (nSPS) is 13.8. The molecule has 7 heteroatoms. The molecule has 1 aromatic heterocycles. The van der Waals surface area contributed by atoms with Crippen LogP contribution in [-0.2, 0) is 10.0 Å². The van der Waals surface area contributed by atoms with Crippen LogP contribution in [0.2, 0.25) is 0 Å². The van der Waals surface area contributed by atoms with Crippen LogP contribution in [-0.4, -0.2) is 32.2 Å². The number of hydrogen-bond acceptors (Lipinski definition) is 5. The molecule has 17 heavy (non-hydrogen) atoms. The number of hydrogen-bond donors (Lipinski definition) is 2. The van der Waals surface area contributed by atoms with Crippen LogP contribution in [0.4, 0.5) is 0 Å². The molecule has 1 rings (SSSR count). The third-order valence-corrected chi connectivity index (χ3v) is 4.55. The fraction of sp³-hybridized carbons (Fsp3) is 0.700. The molecule has 1 heterocycles. The number of thiazole rings is 1. The Labute approximate surface area is 107 Å². The van der Waals surface area contributed by atoms with Gasteiger partial charge in [-0.05, 0) is 13.0 Å². The summed E-state index contributed by atoms with van der Waals surface area (Å²) in [5, 5.41) is 5.67. The van der Waals surface area contributed by atoms with E-state index in [2.05, 4.69) is 15.0 Å². The molecule has 2 N–H and O–H groups in total. The van der Waals surface area contributed by atoms with Crippen LogP contribution in [0, 0.1) is 0 Å². The third kappa shape index (κ3) is 5.12. The molecule has 0 aromatic carbocycles. The summed E-state index contributed by atoms with van der Waals surface area (Å²) in [5.41, 5.74) is 0. The first-order valence-corrected chi connectivity index (χ1v) is 8.22. The first-order chi connectivity index (χ1) is 8.09. The first kappa shape index (κ1) is 14.6. The van der Waals surface area contributed by atoms with Gasteiger partial charge in [0.2, 0.25) is 10.0 Å². The van der Waals surface area contributed by atoms with Crippen molar-refractivity contribution < 1.29 is 8.42 Å². The van der Waals surface area contributed by atoms with Crippen molar-refractivity contribution in [3.63, 3.8) is 0 Å². The summed E-state index contributed by atoms with van der Waals surface area (Å²) < 4.78 is 26.3. The molecule has 5 nitrogen and oxygen atoms in total. The molecule has 1 unspecified atom stereocenters. The average Bonchev–Trinajstić information content (AvgIpc) is 2.79. The number of rotatable bonds is 8. The van der Waals surface area contributed by atoms with Crippen LogP contribution < -0.4 is 10.0 Å². The van der Waals surface area contributed by atoms with Gasteiger partial charge >= 0.3 is 0 Å². The van der Waals surface area contributed by atoms with Crippen molar-refractivity contribution in [2.45, 2.75) is 26.3 Å². The van der Waals surface area contributed by atoms with Gasteiger partial charge in [0.25, 0.3) is 0 Å². The number of nitrogens with one attached hydrogen (secondary N) is 2. The van der Waals surface area contributed by atoms with Gasteiger partial charge in [0.15, 0.2) is 0 Å². The van der Waals surface area contributed by atoms with Gasteiger partial charge in [-0.25, -0.2) is 18.1 Å². The molecule has 0 bridgehead atoms. The van der Waals surface area contributed by atoms with E-state index in [4.69, 9.17) is 0 Å². The van der Waals surface area contributed by atoms with Crippen molar-refractivity contribution in [2.75, 3.05) is 18.8 Å². The molecule has 0 spiro atoms. The Balaban J connectivity index is 2.56. The van der Waals surface area contributed by atoms with Gasteiger partial charge in [-0.15, -0.1) is 11.3 Å². The highest BCUT2D eigenvalue weighted by Gasteiger charge is 2.19. The number of nitrogens with zero attached hydrogens (tertiary/aromatic N) is 1. The second-order valence-electron chi connectivity index (χ2n) is 3.62. The van der Waals surface area contributed by atoms with Crippen molar-refractivity contribution in [1.29, 1.82) is 0 Å². The molecule has 0 saturated heterocycles. The highest BCUT2D eigenvalue weighted by Crippen LogP contribution is 2.19. The largest absolute Gasteiger partial charge is 0.316 e. The topological polar surface area (TPSA) is 71.1 Å². The molecule has 98 valence electrons. The van der Waals surface area contributed by atoms with Crippen molar-refractivity contribution in [3.8, 4) is 0 Å². The quantitative estimate of drug-likeness (QED) is 0.699. The van der Waals surface area contributed by atoms with Crippen LogP contribution in [0.3, 0.4) is 0 Å². The van der Waals surface area contributed by atoms with E-state index in [0.717, 1.165) is 11.6 Å². The summed E-state index contributed by atoms with van der Waals surface area (Å²) in [4.78, 5) is 4.14. The van der Waals surface area contributed by atoms with Crippen molar-refractivity contribution >= 4 is 21.4 Å². The molecule has 0 aliphatic heterocycles. The van der Waals surface area contributed by atoms with Gasteiger partial charge in [0.05, 0.1) is 11.8 Å². The highest BCUT2D eigenvalue weighted by atomic mass is 32.2. The molecule has 0 aliphatic rings. The second-order valence-corrected chi connectivity index (χ2v) is 6.42. The minimum absolute atomic E-state index is 0.0999. The van der Waals surface area contributed by atoms with Gasteiger partial charge in [0, 0.05) is 18.1 Å². The van der Waals surface area contributed by atoms with E-state index in [0.29, 0.717) is 13.0 Å². The molecular formula is C10H19N3O2S2.